The summed E-state index contributed by atoms with van der Waals surface area (Å²) in [7, 11) is 0. The molecule has 164 valence electrons. The highest BCUT2D eigenvalue weighted by atomic mass is 19.1. The molecule has 10 heteroatoms. The van der Waals surface area contributed by atoms with Gasteiger partial charge in [-0.15, -0.1) is 0 Å². The van der Waals surface area contributed by atoms with E-state index in [9.17, 15) is 18.4 Å². The number of aliphatic imine (C=N–C) groups is 1. The van der Waals surface area contributed by atoms with Gasteiger partial charge in [-0.3, -0.25) is 14.7 Å². The number of Topliss-reactive ketones (excluding diaryl/α,β-unsaturated/α-hetero) is 1. The Bertz CT molecular complexity index is 815. The van der Waals surface area contributed by atoms with E-state index in [2.05, 4.69) is 15.2 Å². The number of halogens is 2. The molecular weight excluding hydrogens is 396 g/mol. The van der Waals surface area contributed by atoms with Crippen molar-refractivity contribution >= 4 is 17.6 Å². The van der Waals surface area contributed by atoms with Gasteiger partial charge in [-0.05, 0) is 18.6 Å². The predicted octanol–water partition coefficient (Wildman–Crippen LogP) is 0.576. The molecule has 0 aliphatic carbocycles. The highest BCUT2D eigenvalue weighted by Crippen LogP contribution is 2.14. The third-order valence-electron chi connectivity index (χ3n) is 4.65. The number of hydrogen-bond acceptors (Lipinski definition) is 7. The number of benzene rings is 1. The molecule has 0 saturated carbocycles. The van der Waals surface area contributed by atoms with Crippen molar-refractivity contribution in [2.75, 3.05) is 45.9 Å². The van der Waals surface area contributed by atoms with E-state index in [-0.39, 0.29) is 17.1 Å². The number of nitrogens with zero attached hydrogens (tertiary/aromatic N) is 2. The van der Waals surface area contributed by atoms with Crippen molar-refractivity contribution in [1.29, 1.82) is 0 Å². The lowest BCUT2D eigenvalue weighted by Gasteiger charge is -2.26. The molecule has 1 fully saturated rings. The number of piperazine rings is 1. The average molecular weight is 423 g/mol. The fourth-order valence-corrected chi connectivity index (χ4v) is 2.94. The lowest BCUT2D eigenvalue weighted by molar-refractivity contribution is -0.137. The summed E-state index contributed by atoms with van der Waals surface area (Å²) in [6.45, 7) is 5.48. The zero-order valence-electron chi connectivity index (χ0n) is 16.9. The fourth-order valence-electron chi connectivity index (χ4n) is 2.94. The number of ketones is 1. The number of allylic oxidation sites excluding steroid dienone is 1. The van der Waals surface area contributed by atoms with Gasteiger partial charge in [0, 0.05) is 38.4 Å². The molecule has 0 spiro atoms. The lowest BCUT2D eigenvalue weighted by Crippen LogP contribution is -2.44. The summed E-state index contributed by atoms with van der Waals surface area (Å²) in [5.74, 6) is -4.15. The molecule has 5 N–H and O–H groups in total. The zero-order valence-corrected chi connectivity index (χ0v) is 16.9. The molecule has 8 nitrogen and oxygen atoms in total. The van der Waals surface area contributed by atoms with Crippen LogP contribution in [0.15, 0.2) is 34.5 Å². The van der Waals surface area contributed by atoms with Crippen molar-refractivity contribution < 1.29 is 23.1 Å². The normalized spacial score (nSPS) is 16.2. The van der Waals surface area contributed by atoms with Crippen LogP contribution in [0.2, 0.25) is 0 Å². The van der Waals surface area contributed by atoms with Gasteiger partial charge < -0.3 is 21.5 Å². The van der Waals surface area contributed by atoms with E-state index in [1.54, 1.807) is 6.92 Å². The number of amidine groups is 1. The van der Waals surface area contributed by atoms with Crippen molar-refractivity contribution in [2.45, 2.75) is 13.3 Å². The highest BCUT2D eigenvalue weighted by Gasteiger charge is 2.23. The third-order valence-corrected chi connectivity index (χ3v) is 4.65. The minimum atomic E-state index is -1.03. The first-order chi connectivity index (χ1) is 14.3. The summed E-state index contributed by atoms with van der Waals surface area (Å²) in [5.41, 5.74) is 11.1. The second kappa shape index (κ2) is 11.4. The van der Waals surface area contributed by atoms with Gasteiger partial charge in [0.25, 0.3) is 0 Å². The quantitative estimate of drug-likeness (QED) is 0.174. The van der Waals surface area contributed by atoms with Crippen LogP contribution in [0.3, 0.4) is 0 Å². The molecule has 0 amide bonds. The summed E-state index contributed by atoms with van der Waals surface area (Å²) in [6.07, 6.45) is 0.300. The first-order valence-corrected chi connectivity index (χ1v) is 9.71. The topological polar surface area (TPSA) is 123 Å². The Morgan fingerprint density at radius 1 is 1.20 bits per heavy atom. The van der Waals surface area contributed by atoms with Crippen molar-refractivity contribution in [3.8, 4) is 0 Å². The maximum Gasteiger partial charge on any atom is 0.344 e. The number of carbonyl (C=O) groups is 2. The van der Waals surface area contributed by atoms with E-state index >= 15 is 0 Å². The molecule has 1 aliphatic rings. The molecule has 1 aromatic carbocycles. The van der Waals surface area contributed by atoms with Crippen LogP contribution in [0.25, 0.3) is 0 Å². The van der Waals surface area contributed by atoms with Gasteiger partial charge >= 0.3 is 5.97 Å². The summed E-state index contributed by atoms with van der Waals surface area (Å²) in [6, 6.07) is 3.02. The number of carbonyl (C=O) groups excluding carboxylic acids is 2. The first kappa shape index (κ1) is 23.4. The Balaban J connectivity index is 2.02. The maximum atomic E-state index is 13.7. The first-order valence-electron chi connectivity index (χ1n) is 9.71. The number of esters is 1. The molecule has 0 bridgehead atoms. The van der Waals surface area contributed by atoms with Crippen molar-refractivity contribution in [3.05, 3.63) is 46.7 Å². The van der Waals surface area contributed by atoms with Crippen molar-refractivity contribution in [1.82, 2.24) is 10.2 Å². The van der Waals surface area contributed by atoms with Gasteiger partial charge in [0.2, 0.25) is 5.78 Å². The molecule has 0 atom stereocenters. The van der Waals surface area contributed by atoms with Gasteiger partial charge in [-0.2, -0.15) is 0 Å². The van der Waals surface area contributed by atoms with Crippen LogP contribution >= 0.6 is 0 Å². The monoisotopic (exact) mass is 423 g/mol. The number of nitrogens with two attached hydrogens (primary N) is 2. The van der Waals surface area contributed by atoms with Gasteiger partial charge in [0.1, 0.15) is 23.0 Å². The summed E-state index contributed by atoms with van der Waals surface area (Å²) in [4.78, 5) is 31.0. The van der Waals surface area contributed by atoms with Gasteiger partial charge in [-0.25, -0.2) is 13.6 Å². The van der Waals surface area contributed by atoms with Crippen LogP contribution in [-0.4, -0.2) is 68.4 Å². The minimum absolute atomic E-state index is 0.0981. The van der Waals surface area contributed by atoms with Crippen LogP contribution < -0.4 is 16.8 Å². The average Bonchev–Trinajstić information content (AvgIpc) is 2.73. The molecule has 1 aromatic rings. The largest absolute Gasteiger partial charge is 0.454 e. The molecule has 0 radical (unpaired) electrons. The Kier molecular flexibility index (Phi) is 8.88. The Morgan fingerprint density at radius 2 is 1.83 bits per heavy atom. The number of rotatable bonds is 9. The van der Waals surface area contributed by atoms with E-state index < -0.39 is 35.6 Å². The van der Waals surface area contributed by atoms with Crippen molar-refractivity contribution in [3.63, 3.8) is 0 Å². The van der Waals surface area contributed by atoms with E-state index in [4.69, 9.17) is 16.2 Å². The molecule has 1 saturated heterocycles. The number of nitrogens with one attached hydrogen (secondary N) is 1. The van der Waals surface area contributed by atoms with E-state index in [1.807, 2.05) is 0 Å². The number of hydrogen-bond donors (Lipinski definition) is 3. The fraction of sp³-hybridized carbons (Fsp3) is 0.450. The molecular formula is C20H27F2N5O3. The molecule has 2 rings (SSSR count). The molecule has 30 heavy (non-hydrogen) atoms. The SMILES string of the molecule is CCC(N)=C(C(=O)OCC(=O)c1c(F)cccc1F)C(N)=NCCN1CCNCC1. The smallest absolute Gasteiger partial charge is 0.344 e. The van der Waals surface area contributed by atoms with E-state index in [0.29, 0.717) is 19.5 Å². The Labute approximate surface area is 173 Å². The summed E-state index contributed by atoms with van der Waals surface area (Å²) < 4.78 is 32.4. The van der Waals surface area contributed by atoms with E-state index in [1.165, 1.54) is 0 Å². The van der Waals surface area contributed by atoms with Crippen LogP contribution in [0, 0.1) is 11.6 Å². The third kappa shape index (κ3) is 6.33. The van der Waals surface area contributed by atoms with Gasteiger partial charge in [0.15, 0.2) is 6.61 Å². The van der Waals surface area contributed by atoms with Crippen molar-refractivity contribution in [2.24, 2.45) is 16.5 Å². The molecule has 1 aliphatic heterocycles. The second-order valence-corrected chi connectivity index (χ2v) is 6.71. The Morgan fingerprint density at radius 3 is 2.43 bits per heavy atom. The van der Waals surface area contributed by atoms with Gasteiger partial charge in [-0.1, -0.05) is 13.0 Å². The number of ether oxygens (including phenoxy) is 1. The van der Waals surface area contributed by atoms with Crippen LogP contribution in [-0.2, 0) is 9.53 Å². The van der Waals surface area contributed by atoms with Crippen LogP contribution in [0.1, 0.15) is 23.7 Å². The predicted molar refractivity (Wildman–Crippen MR) is 109 cm³/mol. The lowest BCUT2D eigenvalue weighted by atomic mass is 10.1. The standard InChI is InChI=1S/C20H27F2N5O3/c1-2-15(23)18(19(24)26-8-11-27-9-6-25-7-10-27)20(29)30-12-16(28)17-13(21)4-3-5-14(17)22/h3-5,25H,2,6-12,23H2,1H3,(H2,24,26). The highest BCUT2D eigenvalue weighted by molar-refractivity contribution is 6.19. The summed E-state index contributed by atoms with van der Waals surface area (Å²) in [5, 5.41) is 3.25. The van der Waals surface area contributed by atoms with Crippen LogP contribution in [0.4, 0.5) is 8.78 Å². The maximum absolute atomic E-state index is 13.7. The summed E-state index contributed by atoms with van der Waals surface area (Å²) >= 11 is 0. The molecule has 0 aromatic heterocycles. The minimum Gasteiger partial charge on any atom is -0.454 e. The van der Waals surface area contributed by atoms with Gasteiger partial charge in [0.05, 0.1) is 12.1 Å². The van der Waals surface area contributed by atoms with Crippen LogP contribution in [0.5, 0.6) is 0 Å². The second-order valence-electron chi connectivity index (χ2n) is 6.71. The molecule has 0 unspecified atom stereocenters. The Hall–Kier alpha value is -2.85. The zero-order chi connectivity index (χ0) is 22.1. The van der Waals surface area contributed by atoms with E-state index in [0.717, 1.165) is 44.4 Å². The molecule has 1 heterocycles.